The Morgan fingerprint density at radius 3 is 1.80 bits per heavy atom. The lowest BCUT2D eigenvalue weighted by Gasteiger charge is -1.90. The summed E-state index contributed by atoms with van der Waals surface area (Å²) in [6.07, 6.45) is 0. The zero-order valence-corrected chi connectivity index (χ0v) is 4.42. The van der Waals surface area contributed by atoms with E-state index in [2.05, 4.69) is 0 Å². The highest BCUT2D eigenvalue weighted by Gasteiger charge is 1.80. The second kappa shape index (κ2) is 2.76. The molecular weight excluding hydrogens is 109 g/mol. The molecule has 0 aromatic rings. The van der Waals surface area contributed by atoms with Crippen molar-refractivity contribution in [3.63, 3.8) is 0 Å². The highest BCUT2D eigenvalue weighted by atomic mass is 35.5. The summed E-state index contributed by atoms with van der Waals surface area (Å²) < 4.78 is 1.07. The first-order chi connectivity index (χ1) is 2.27. The molecule has 0 radical (unpaired) electrons. The predicted molar refractivity (Wildman–Crippen MR) is 24.1 cm³/mol. The standard InChI is InChI=1S/C2H5Cl2N/c1-2-5(3)4/h2H2,1H3. The lowest BCUT2D eigenvalue weighted by atomic mass is 10.8. The summed E-state index contributed by atoms with van der Waals surface area (Å²) in [4.78, 5) is 0. The Balaban J connectivity index is 2.54. The molecule has 0 saturated heterocycles. The summed E-state index contributed by atoms with van der Waals surface area (Å²) in [5.41, 5.74) is 0. The first-order valence-corrected chi connectivity index (χ1v) is 2.04. The molecule has 0 aromatic heterocycles. The van der Waals surface area contributed by atoms with Gasteiger partial charge in [0, 0.05) is 6.54 Å². The molecule has 0 aromatic carbocycles. The van der Waals surface area contributed by atoms with E-state index in [0.717, 1.165) is 3.94 Å². The van der Waals surface area contributed by atoms with Gasteiger partial charge in [-0.05, 0) is 30.5 Å². The van der Waals surface area contributed by atoms with E-state index in [1.807, 2.05) is 6.92 Å². The Labute approximate surface area is 41.7 Å². The van der Waals surface area contributed by atoms with Crippen LogP contribution in [0.1, 0.15) is 6.92 Å². The van der Waals surface area contributed by atoms with Crippen LogP contribution in [0.25, 0.3) is 0 Å². The molecule has 0 rings (SSSR count). The van der Waals surface area contributed by atoms with Gasteiger partial charge < -0.3 is 0 Å². The molecule has 0 amide bonds. The van der Waals surface area contributed by atoms with Gasteiger partial charge in [-0.15, -0.1) is 3.94 Å². The Bertz CT molecular complexity index is 21.6. The van der Waals surface area contributed by atoms with Crippen LogP contribution in [0.5, 0.6) is 0 Å². The lowest BCUT2D eigenvalue weighted by molar-refractivity contribution is 0.750. The van der Waals surface area contributed by atoms with Crippen LogP contribution < -0.4 is 0 Å². The fraction of sp³-hybridized carbons (Fsp3) is 1.00. The summed E-state index contributed by atoms with van der Waals surface area (Å²) in [5.74, 6) is 0. The Morgan fingerprint density at radius 1 is 1.60 bits per heavy atom. The summed E-state index contributed by atoms with van der Waals surface area (Å²) in [6.45, 7) is 2.53. The molecule has 0 fully saturated rings. The van der Waals surface area contributed by atoms with Crippen molar-refractivity contribution in [1.82, 2.24) is 3.94 Å². The van der Waals surface area contributed by atoms with Crippen LogP contribution in [0.3, 0.4) is 0 Å². The van der Waals surface area contributed by atoms with Gasteiger partial charge in [0.1, 0.15) is 0 Å². The van der Waals surface area contributed by atoms with Gasteiger partial charge in [-0.3, -0.25) is 0 Å². The van der Waals surface area contributed by atoms with Crippen molar-refractivity contribution in [1.29, 1.82) is 0 Å². The Kier molecular flexibility index (Phi) is 3.06. The summed E-state index contributed by atoms with van der Waals surface area (Å²) in [7, 11) is 0. The smallest absolute Gasteiger partial charge is 0.0275 e. The van der Waals surface area contributed by atoms with Crippen LogP contribution in [0.4, 0.5) is 0 Å². The van der Waals surface area contributed by atoms with Crippen LogP contribution in [-0.2, 0) is 0 Å². The van der Waals surface area contributed by atoms with Gasteiger partial charge in [0.05, 0.1) is 0 Å². The first kappa shape index (κ1) is 5.54. The van der Waals surface area contributed by atoms with Gasteiger partial charge in [0.15, 0.2) is 0 Å². The van der Waals surface area contributed by atoms with Crippen molar-refractivity contribution >= 4 is 23.6 Å². The summed E-state index contributed by atoms with van der Waals surface area (Å²) in [6, 6.07) is 0. The molecule has 3 heteroatoms. The van der Waals surface area contributed by atoms with E-state index in [1.165, 1.54) is 0 Å². The number of rotatable bonds is 1. The summed E-state index contributed by atoms with van der Waals surface area (Å²) >= 11 is 10.1. The van der Waals surface area contributed by atoms with Gasteiger partial charge in [-0.25, -0.2) is 0 Å². The molecule has 1 nitrogen and oxygen atoms in total. The zero-order chi connectivity index (χ0) is 4.28. The van der Waals surface area contributed by atoms with Crippen molar-refractivity contribution < 1.29 is 0 Å². The number of hydrogen-bond acceptors (Lipinski definition) is 1. The quantitative estimate of drug-likeness (QED) is 0.468. The van der Waals surface area contributed by atoms with Crippen molar-refractivity contribution in [3.8, 4) is 0 Å². The SMILES string of the molecule is CCN(Cl)Cl. The second-order valence-corrected chi connectivity index (χ2v) is 1.61. The largest absolute Gasteiger partial charge is 0.132 e. The van der Waals surface area contributed by atoms with Crippen LogP contribution in [0.15, 0.2) is 0 Å². The maximum Gasteiger partial charge on any atom is 0.0275 e. The minimum absolute atomic E-state index is 0.670. The van der Waals surface area contributed by atoms with Gasteiger partial charge in [0.2, 0.25) is 0 Å². The fourth-order valence-electron chi connectivity index (χ4n) is 0. The minimum Gasteiger partial charge on any atom is -0.132 e. The van der Waals surface area contributed by atoms with E-state index in [1.54, 1.807) is 0 Å². The highest BCUT2D eigenvalue weighted by Crippen LogP contribution is 1.93. The minimum atomic E-state index is 0.670. The normalized spacial score (nSPS) is 9.60. The van der Waals surface area contributed by atoms with E-state index in [-0.39, 0.29) is 0 Å². The van der Waals surface area contributed by atoms with Crippen molar-refractivity contribution in [2.75, 3.05) is 6.54 Å². The molecule has 0 aliphatic carbocycles. The highest BCUT2D eigenvalue weighted by molar-refractivity contribution is 6.33. The van der Waals surface area contributed by atoms with E-state index in [4.69, 9.17) is 23.6 Å². The molecule has 0 heterocycles. The maximum atomic E-state index is 5.06. The molecule has 0 spiro atoms. The number of nitrogens with zero attached hydrogens (tertiary/aromatic N) is 1. The molecule has 0 atom stereocenters. The van der Waals surface area contributed by atoms with Gasteiger partial charge in [-0.2, -0.15) is 0 Å². The monoisotopic (exact) mass is 113 g/mol. The molecular formula is C2H5Cl2N. The van der Waals surface area contributed by atoms with E-state index in [9.17, 15) is 0 Å². The third-order valence-electron chi connectivity index (χ3n) is 0.239. The van der Waals surface area contributed by atoms with Crippen molar-refractivity contribution in [2.24, 2.45) is 0 Å². The molecule has 0 aliphatic rings. The maximum absolute atomic E-state index is 5.06. The lowest BCUT2D eigenvalue weighted by Crippen LogP contribution is -1.91. The van der Waals surface area contributed by atoms with Gasteiger partial charge in [-0.1, -0.05) is 0 Å². The third-order valence-corrected chi connectivity index (χ3v) is 0.717. The number of hydrogen-bond donors (Lipinski definition) is 0. The molecule has 32 valence electrons. The molecule has 0 bridgehead atoms. The molecule has 0 N–H and O–H groups in total. The topological polar surface area (TPSA) is 3.24 Å². The van der Waals surface area contributed by atoms with Crippen LogP contribution in [0.2, 0.25) is 0 Å². The molecule has 0 saturated carbocycles. The van der Waals surface area contributed by atoms with E-state index < -0.39 is 0 Å². The summed E-state index contributed by atoms with van der Waals surface area (Å²) in [5, 5.41) is 0. The van der Waals surface area contributed by atoms with Crippen molar-refractivity contribution in [3.05, 3.63) is 0 Å². The van der Waals surface area contributed by atoms with E-state index in [0.29, 0.717) is 6.54 Å². The van der Waals surface area contributed by atoms with E-state index >= 15 is 0 Å². The Hall–Kier alpha value is 0.540. The third kappa shape index (κ3) is 4.54. The predicted octanol–water partition coefficient (Wildman–Crippen LogP) is 1.62. The zero-order valence-electron chi connectivity index (χ0n) is 2.91. The van der Waals surface area contributed by atoms with Crippen LogP contribution >= 0.6 is 23.6 Å². The second-order valence-electron chi connectivity index (χ2n) is 0.619. The average molecular weight is 114 g/mol. The Morgan fingerprint density at radius 2 is 1.80 bits per heavy atom. The van der Waals surface area contributed by atoms with Crippen molar-refractivity contribution in [2.45, 2.75) is 6.92 Å². The first-order valence-electron chi connectivity index (χ1n) is 1.36. The van der Waals surface area contributed by atoms with Crippen LogP contribution in [0, 0.1) is 0 Å². The van der Waals surface area contributed by atoms with Crippen LogP contribution in [-0.4, -0.2) is 10.5 Å². The number of halogens is 2. The van der Waals surface area contributed by atoms with Gasteiger partial charge in [0.25, 0.3) is 0 Å². The molecule has 0 unspecified atom stereocenters. The average Bonchev–Trinajstić information content (AvgIpc) is 1.38. The fourth-order valence-corrected chi connectivity index (χ4v) is 0. The molecule has 5 heavy (non-hydrogen) atoms. The molecule has 0 aliphatic heterocycles. The van der Waals surface area contributed by atoms with Gasteiger partial charge >= 0.3 is 0 Å².